The maximum Gasteiger partial charge on any atom is 0.303 e. The normalized spacial score (nSPS) is 24.6. The Morgan fingerprint density at radius 3 is 3.00 bits per heavy atom. The van der Waals surface area contributed by atoms with Gasteiger partial charge >= 0.3 is 5.97 Å². The molecule has 1 saturated carbocycles. The average Bonchev–Trinajstić information content (AvgIpc) is 2.84. The van der Waals surface area contributed by atoms with Gasteiger partial charge in [0, 0.05) is 12.6 Å². The molecule has 0 unspecified atom stereocenters. The van der Waals surface area contributed by atoms with Crippen LogP contribution in [0.3, 0.4) is 0 Å². The van der Waals surface area contributed by atoms with Crippen molar-refractivity contribution >= 4 is 5.97 Å². The van der Waals surface area contributed by atoms with Gasteiger partial charge in [0.1, 0.15) is 0 Å². The number of nitrogens with zero attached hydrogens (tertiary/aromatic N) is 1. The molecule has 3 nitrogen and oxygen atoms in total. The van der Waals surface area contributed by atoms with E-state index in [0.717, 1.165) is 12.0 Å². The van der Waals surface area contributed by atoms with Crippen molar-refractivity contribution in [3.05, 3.63) is 29.8 Å². The standard InChI is InChI=1S/C10H10FNO2/c11-9-2-1-6(5-12-9)8-3-7(8)4-10(13)14/h1-2,5,7-8H,3-4H2,(H,13,14)/t7-,8-/m0/s1. The van der Waals surface area contributed by atoms with E-state index in [4.69, 9.17) is 5.11 Å². The fourth-order valence-corrected chi connectivity index (χ4v) is 1.71. The van der Waals surface area contributed by atoms with Crippen LogP contribution >= 0.6 is 0 Å². The maximum absolute atomic E-state index is 12.5. The molecule has 1 fully saturated rings. The predicted octanol–water partition coefficient (Wildman–Crippen LogP) is 1.80. The van der Waals surface area contributed by atoms with Crippen LogP contribution in [0.1, 0.15) is 24.3 Å². The van der Waals surface area contributed by atoms with Gasteiger partial charge in [-0.15, -0.1) is 0 Å². The minimum Gasteiger partial charge on any atom is -0.481 e. The SMILES string of the molecule is O=C(O)C[C@@H]1C[C@H]1c1ccc(F)nc1. The highest BCUT2D eigenvalue weighted by molar-refractivity contribution is 5.67. The highest BCUT2D eigenvalue weighted by atomic mass is 19.1. The summed E-state index contributed by atoms with van der Waals surface area (Å²) in [4.78, 5) is 13.9. The molecule has 1 aliphatic rings. The quantitative estimate of drug-likeness (QED) is 0.748. The zero-order chi connectivity index (χ0) is 10.1. The van der Waals surface area contributed by atoms with E-state index in [2.05, 4.69) is 4.98 Å². The summed E-state index contributed by atoms with van der Waals surface area (Å²) in [5.74, 6) is -0.796. The molecule has 0 amide bonds. The van der Waals surface area contributed by atoms with E-state index < -0.39 is 11.9 Å². The largest absolute Gasteiger partial charge is 0.481 e. The minimum absolute atomic E-state index is 0.196. The zero-order valence-corrected chi connectivity index (χ0v) is 7.48. The van der Waals surface area contributed by atoms with E-state index in [1.807, 2.05) is 0 Å². The van der Waals surface area contributed by atoms with E-state index in [1.165, 1.54) is 12.3 Å². The highest BCUT2D eigenvalue weighted by Crippen LogP contribution is 2.49. The number of aliphatic carboxylic acids is 1. The molecule has 0 spiro atoms. The van der Waals surface area contributed by atoms with Crippen molar-refractivity contribution in [2.75, 3.05) is 0 Å². The second-order valence-electron chi connectivity index (χ2n) is 3.61. The molecule has 0 aromatic carbocycles. The third-order valence-corrected chi connectivity index (χ3v) is 2.54. The summed E-state index contributed by atoms with van der Waals surface area (Å²) in [6.07, 6.45) is 2.56. The Labute approximate surface area is 80.6 Å². The number of hydrogen-bond donors (Lipinski definition) is 1. The van der Waals surface area contributed by atoms with Gasteiger partial charge in [-0.1, -0.05) is 6.07 Å². The van der Waals surface area contributed by atoms with E-state index >= 15 is 0 Å². The van der Waals surface area contributed by atoms with Crippen LogP contribution in [0.5, 0.6) is 0 Å². The number of rotatable bonds is 3. The summed E-state index contributed by atoms with van der Waals surface area (Å²) in [5, 5.41) is 8.56. The Bertz CT molecular complexity index is 350. The molecule has 2 rings (SSSR count). The summed E-state index contributed by atoms with van der Waals surface area (Å²) < 4.78 is 12.5. The lowest BCUT2D eigenvalue weighted by atomic mass is 10.1. The molecule has 4 heteroatoms. The van der Waals surface area contributed by atoms with Crippen LogP contribution in [0, 0.1) is 11.9 Å². The molecule has 0 aliphatic heterocycles. The highest BCUT2D eigenvalue weighted by Gasteiger charge is 2.39. The lowest BCUT2D eigenvalue weighted by Gasteiger charge is -1.97. The Morgan fingerprint density at radius 2 is 2.43 bits per heavy atom. The first-order valence-corrected chi connectivity index (χ1v) is 4.50. The number of carbonyl (C=O) groups is 1. The monoisotopic (exact) mass is 195 g/mol. The van der Waals surface area contributed by atoms with Crippen LogP contribution in [0.4, 0.5) is 4.39 Å². The summed E-state index contributed by atoms with van der Waals surface area (Å²) >= 11 is 0. The van der Waals surface area contributed by atoms with Gasteiger partial charge in [0.05, 0.1) is 0 Å². The summed E-state index contributed by atoms with van der Waals surface area (Å²) in [6.45, 7) is 0. The van der Waals surface area contributed by atoms with Crippen molar-refractivity contribution in [3.63, 3.8) is 0 Å². The molecule has 1 aromatic rings. The number of pyridine rings is 1. The van der Waals surface area contributed by atoms with Gasteiger partial charge in [-0.25, -0.2) is 4.98 Å². The maximum atomic E-state index is 12.5. The van der Waals surface area contributed by atoms with Crippen LogP contribution in [0.15, 0.2) is 18.3 Å². The molecule has 0 saturated heterocycles. The van der Waals surface area contributed by atoms with Gasteiger partial charge in [-0.2, -0.15) is 4.39 Å². The molecule has 0 radical (unpaired) electrons. The third kappa shape index (κ3) is 1.89. The second kappa shape index (κ2) is 3.36. The molecule has 74 valence electrons. The number of halogens is 1. The summed E-state index contributed by atoms with van der Waals surface area (Å²) in [7, 11) is 0. The molecule has 1 aromatic heterocycles. The van der Waals surface area contributed by atoms with Crippen LogP contribution < -0.4 is 0 Å². The van der Waals surface area contributed by atoms with Crippen LogP contribution in [0.2, 0.25) is 0 Å². The topological polar surface area (TPSA) is 50.2 Å². The van der Waals surface area contributed by atoms with Crippen molar-refractivity contribution < 1.29 is 14.3 Å². The fraction of sp³-hybridized carbons (Fsp3) is 0.400. The van der Waals surface area contributed by atoms with Crippen molar-refractivity contribution in [3.8, 4) is 0 Å². The number of carboxylic acid groups (broad SMARTS) is 1. The first kappa shape index (κ1) is 9.12. The Balaban J connectivity index is 1.99. The van der Waals surface area contributed by atoms with Gasteiger partial charge < -0.3 is 5.11 Å². The van der Waals surface area contributed by atoms with E-state index in [0.29, 0.717) is 0 Å². The smallest absolute Gasteiger partial charge is 0.303 e. The first-order valence-electron chi connectivity index (χ1n) is 4.50. The Hall–Kier alpha value is -1.45. The van der Waals surface area contributed by atoms with Crippen molar-refractivity contribution in [2.24, 2.45) is 5.92 Å². The van der Waals surface area contributed by atoms with Crippen molar-refractivity contribution in [1.29, 1.82) is 0 Å². The fourth-order valence-electron chi connectivity index (χ4n) is 1.71. The predicted molar refractivity (Wildman–Crippen MR) is 47.3 cm³/mol. The molecule has 2 atom stereocenters. The second-order valence-corrected chi connectivity index (χ2v) is 3.61. The molecular formula is C10H10FNO2. The van der Waals surface area contributed by atoms with Crippen molar-refractivity contribution in [2.45, 2.75) is 18.8 Å². The molecule has 14 heavy (non-hydrogen) atoms. The van der Waals surface area contributed by atoms with Gasteiger partial charge in [0.2, 0.25) is 5.95 Å². The lowest BCUT2D eigenvalue weighted by molar-refractivity contribution is -0.137. The van der Waals surface area contributed by atoms with E-state index in [-0.39, 0.29) is 18.3 Å². The third-order valence-electron chi connectivity index (χ3n) is 2.54. The average molecular weight is 195 g/mol. The summed E-state index contributed by atoms with van der Waals surface area (Å²) in [5.41, 5.74) is 0.942. The summed E-state index contributed by atoms with van der Waals surface area (Å²) in [6, 6.07) is 2.99. The van der Waals surface area contributed by atoms with Gasteiger partial charge in [0.25, 0.3) is 0 Å². The molecule has 1 aliphatic carbocycles. The Kier molecular flexibility index (Phi) is 2.19. The molecule has 0 bridgehead atoms. The minimum atomic E-state index is -0.771. The van der Waals surface area contributed by atoms with Crippen molar-refractivity contribution in [1.82, 2.24) is 4.98 Å². The van der Waals surface area contributed by atoms with E-state index in [1.54, 1.807) is 6.07 Å². The molecule has 1 N–H and O–H groups in total. The zero-order valence-electron chi connectivity index (χ0n) is 7.48. The van der Waals surface area contributed by atoms with E-state index in [9.17, 15) is 9.18 Å². The number of hydrogen-bond acceptors (Lipinski definition) is 2. The molecule has 1 heterocycles. The van der Waals surface area contributed by atoms with Crippen LogP contribution in [0.25, 0.3) is 0 Å². The number of aromatic nitrogens is 1. The van der Waals surface area contributed by atoms with Crippen LogP contribution in [-0.2, 0) is 4.79 Å². The van der Waals surface area contributed by atoms with Crippen LogP contribution in [-0.4, -0.2) is 16.1 Å². The van der Waals surface area contributed by atoms with Gasteiger partial charge in [0.15, 0.2) is 0 Å². The van der Waals surface area contributed by atoms with Gasteiger partial charge in [-0.3, -0.25) is 4.79 Å². The molecular weight excluding hydrogens is 185 g/mol. The van der Waals surface area contributed by atoms with Gasteiger partial charge in [-0.05, 0) is 29.9 Å². The lowest BCUT2D eigenvalue weighted by Crippen LogP contribution is -1.97. The first-order chi connectivity index (χ1) is 6.66. The number of carboxylic acids is 1. The Morgan fingerprint density at radius 1 is 1.64 bits per heavy atom.